The molecule has 6 heteroatoms. The van der Waals surface area contributed by atoms with Crippen molar-refractivity contribution in [2.24, 2.45) is 0 Å². The topological polar surface area (TPSA) is 64.4 Å². The first-order valence-electron chi connectivity index (χ1n) is 12.1. The summed E-state index contributed by atoms with van der Waals surface area (Å²) in [5.74, 6) is 1.03. The van der Waals surface area contributed by atoms with Crippen LogP contribution in [-0.4, -0.2) is 33.5 Å². The minimum absolute atomic E-state index is 0.0831. The van der Waals surface area contributed by atoms with Crippen molar-refractivity contribution < 1.29 is 9.53 Å². The lowest BCUT2D eigenvalue weighted by Gasteiger charge is -2.31. The van der Waals surface area contributed by atoms with Gasteiger partial charge in [-0.1, -0.05) is 61.9 Å². The predicted octanol–water partition coefficient (Wildman–Crippen LogP) is 5.46. The van der Waals surface area contributed by atoms with Crippen LogP contribution >= 0.6 is 0 Å². The molecule has 0 radical (unpaired) electrons. The van der Waals surface area contributed by atoms with E-state index in [1.807, 2.05) is 86.6 Å². The van der Waals surface area contributed by atoms with Gasteiger partial charge < -0.3 is 9.64 Å². The Morgan fingerprint density at radius 2 is 1.69 bits per heavy atom. The number of unbranched alkanes of at least 4 members (excludes halogenated alkanes) is 1. The van der Waals surface area contributed by atoms with Gasteiger partial charge in [-0.05, 0) is 56.2 Å². The maximum atomic E-state index is 13.7. The molecule has 35 heavy (non-hydrogen) atoms. The van der Waals surface area contributed by atoms with Gasteiger partial charge in [0.05, 0.1) is 22.6 Å². The number of aromatic nitrogens is 2. The Morgan fingerprint density at radius 3 is 2.43 bits per heavy atom. The van der Waals surface area contributed by atoms with Crippen LogP contribution in [0.4, 0.5) is 0 Å². The van der Waals surface area contributed by atoms with Crippen molar-refractivity contribution in [3.63, 3.8) is 0 Å². The smallest absolute Gasteiger partial charge is 0.266 e. The van der Waals surface area contributed by atoms with Gasteiger partial charge in [-0.3, -0.25) is 14.2 Å². The van der Waals surface area contributed by atoms with E-state index in [9.17, 15) is 9.59 Å². The van der Waals surface area contributed by atoms with Crippen molar-refractivity contribution in [3.05, 3.63) is 101 Å². The van der Waals surface area contributed by atoms with E-state index in [2.05, 4.69) is 6.92 Å². The third kappa shape index (κ3) is 5.27. The maximum absolute atomic E-state index is 13.7. The average Bonchev–Trinajstić information content (AvgIpc) is 2.89. The molecule has 0 bridgehead atoms. The van der Waals surface area contributed by atoms with Crippen molar-refractivity contribution in [2.45, 2.75) is 39.7 Å². The highest BCUT2D eigenvalue weighted by molar-refractivity contribution is 5.79. The second-order valence-electron chi connectivity index (χ2n) is 8.63. The molecule has 0 aliphatic carbocycles. The summed E-state index contributed by atoms with van der Waals surface area (Å²) in [7, 11) is 0. The standard InChI is InChI=1S/C29H31N3O3/c1-4-5-19-31(27(33)20-35-23-14-7-6-8-15-23)22(3)28-30-25-17-11-10-16-24(25)29(34)32(28)26-18-12-9-13-21(26)2/h6-18,22H,4-5,19-20H2,1-3H3. The number of aryl methyl sites for hydroxylation is 1. The average molecular weight is 470 g/mol. The Balaban J connectivity index is 1.78. The lowest BCUT2D eigenvalue weighted by molar-refractivity contribution is -0.135. The first-order chi connectivity index (χ1) is 17.0. The molecule has 0 N–H and O–H groups in total. The van der Waals surface area contributed by atoms with Crippen molar-refractivity contribution >= 4 is 16.8 Å². The van der Waals surface area contributed by atoms with Crippen LogP contribution in [0.25, 0.3) is 16.6 Å². The normalized spacial score (nSPS) is 11.9. The number of benzene rings is 3. The molecule has 4 rings (SSSR count). The summed E-state index contributed by atoms with van der Waals surface area (Å²) in [6.07, 6.45) is 1.77. The van der Waals surface area contributed by atoms with E-state index >= 15 is 0 Å². The summed E-state index contributed by atoms with van der Waals surface area (Å²) >= 11 is 0. The molecule has 1 heterocycles. The molecule has 1 unspecified atom stereocenters. The zero-order valence-electron chi connectivity index (χ0n) is 20.5. The number of nitrogens with zero attached hydrogens (tertiary/aromatic N) is 3. The summed E-state index contributed by atoms with van der Waals surface area (Å²) in [6.45, 7) is 6.46. The molecule has 0 aliphatic rings. The van der Waals surface area contributed by atoms with Gasteiger partial charge in [0.2, 0.25) is 0 Å². The summed E-state index contributed by atoms with van der Waals surface area (Å²) in [5, 5.41) is 0.547. The fraction of sp³-hybridized carbons (Fsp3) is 0.276. The molecular formula is C29H31N3O3. The fourth-order valence-corrected chi connectivity index (χ4v) is 4.22. The monoisotopic (exact) mass is 469 g/mol. The largest absolute Gasteiger partial charge is 0.484 e. The highest BCUT2D eigenvalue weighted by atomic mass is 16.5. The molecule has 0 saturated carbocycles. The minimum Gasteiger partial charge on any atom is -0.484 e. The molecule has 6 nitrogen and oxygen atoms in total. The predicted molar refractivity (Wildman–Crippen MR) is 139 cm³/mol. The van der Waals surface area contributed by atoms with Crippen molar-refractivity contribution in [3.8, 4) is 11.4 Å². The number of carbonyl (C=O) groups excluding carboxylic acids is 1. The number of ether oxygens (including phenoxy) is 1. The second kappa shape index (κ2) is 11.0. The van der Waals surface area contributed by atoms with E-state index in [4.69, 9.17) is 9.72 Å². The lowest BCUT2D eigenvalue weighted by Crippen LogP contribution is -2.40. The number of carbonyl (C=O) groups is 1. The Kier molecular flexibility index (Phi) is 7.60. The Labute approximate surface area is 205 Å². The van der Waals surface area contributed by atoms with Gasteiger partial charge in [0, 0.05) is 6.54 Å². The Bertz CT molecular complexity index is 1360. The number of hydrogen-bond donors (Lipinski definition) is 0. The first kappa shape index (κ1) is 24.2. The maximum Gasteiger partial charge on any atom is 0.266 e. The van der Waals surface area contributed by atoms with Gasteiger partial charge in [-0.2, -0.15) is 0 Å². The van der Waals surface area contributed by atoms with E-state index in [0.717, 1.165) is 24.1 Å². The summed E-state index contributed by atoms with van der Waals surface area (Å²) < 4.78 is 7.42. The van der Waals surface area contributed by atoms with E-state index < -0.39 is 6.04 Å². The van der Waals surface area contributed by atoms with Crippen LogP contribution in [-0.2, 0) is 4.79 Å². The lowest BCUT2D eigenvalue weighted by atomic mass is 10.1. The van der Waals surface area contributed by atoms with Gasteiger partial charge >= 0.3 is 0 Å². The molecule has 3 aromatic carbocycles. The number of rotatable bonds is 9. The molecule has 0 saturated heterocycles. The van der Waals surface area contributed by atoms with Crippen LogP contribution in [0.2, 0.25) is 0 Å². The number of hydrogen-bond acceptors (Lipinski definition) is 4. The highest BCUT2D eigenvalue weighted by Gasteiger charge is 2.27. The van der Waals surface area contributed by atoms with E-state index in [0.29, 0.717) is 29.0 Å². The molecule has 1 amide bonds. The molecule has 1 aromatic heterocycles. The summed E-state index contributed by atoms with van der Waals surface area (Å²) in [5.41, 5.74) is 2.20. The minimum atomic E-state index is -0.440. The Hall–Kier alpha value is -3.93. The third-order valence-electron chi connectivity index (χ3n) is 6.18. The van der Waals surface area contributed by atoms with Crippen molar-refractivity contribution in [1.82, 2.24) is 14.5 Å². The number of para-hydroxylation sites is 3. The zero-order chi connectivity index (χ0) is 24.8. The van der Waals surface area contributed by atoms with Gasteiger partial charge in [-0.15, -0.1) is 0 Å². The Morgan fingerprint density at radius 1 is 1.00 bits per heavy atom. The number of fused-ring (bicyclic) bond motifs is 1. The van der Waals surface area contributed by atoms with Crippen LogP contribution in [0.3, 0.4) is 0 Å². The quantitative estimate of drug-likeness (QED) is 0.326. The first-order valence-corrected chi connectivity index (χ1v) is 12.1. The van der Waals surface area contributed by atoms with Crippen LogP contribution in [0, 0.1) is 6.92 Å². The van der Waals surface area contributed by atoms with E-state index in [-0.39, 0.29) is 18.1 Å². The molecule has 1 atom stereocenters. The molecule has 4 aromatic rings. The van der Waals surface area contributed by atoms with Gasteiger partial charge in [0.15, 0.2) is 6.61 Å². The summed E-state index contributed by atoms with van der Waals surface area (Å²) in [4.78, 5) is 33.8. The van der Waals surface area contributed by atoms with Crippen molar-refractivity contribution in [2.75, 3.05) is 13.2 Å². The van der Waals surface area contributed by atoms with Crippen molar-refractivity contribution in [1.29, 1.82) is 0 Å². The van der Waals surface area contributed by atoms with Crippen LogP contribution in [0.1, 0.15) is 44.1 Å². The molecule has 180 valence electrons. The molecule has 0 aliphatic heterocycles. The van der Waals surface area contributed by atoms with Gasteiger partial charge in [0.1, 0.15) is 11.6 Å². The molecular weight excluding hydrogens is 438 g/mol. The van der Waals surface area contributed by atoms with E-state index in [1.165, 1.54) is 0 Å². The van der Waals surface area contributed by atoms with Crippen LogP contribution in [0.15, 0.2) is 83.7 Å². The van der Waals surface area contributed by atoms with Gasteiger partial charge in [0.25, 0.3) is 11.5 Å². The second-order valence-corrected chi connectivity index (χ2v) is 8.63. The van der Waals surface area contributed by atoms with Crippen LogP contribution in [0.5, 0.6) is 5.75 Å². The SMILES string of the molecule is CCCCN(C(=O)COc1ccccc1)C(C)c1nc2ccccc2c(=O)n1-c1ccccc1C. The molecule has 0 spiro atoms. The fourth-order valence-electron chi connectivity index (χ4n) is 4.22. The van der Waals surface area contributed by atoms with Gasteiger partial charge in [-0.25, -0.2) is 4.98 Å². The molecule has 0 fully saturated rings. The highest BCUT2D eigenvalue weighted by Crippen LogP contribution is 2.25. The third-order valence-corrected chi connectivity index (χ3v) is 6.18. The number of amides is 1. The summed E-state index contributed by atoms with van der Waals surface area (Å²) in [6, 6.07) is 23.9. The van der Waals surface area contributed by atoms with E-state index in [1.54, 1.807) is 15.5 Å². The zero-order valence-corrected chi connectivity index (χ0v) is 20.5. The van der Waals surface area contributed by atoms with Crippen LogP contribution < -0.4 is 10.3 Å².